The Morgan fingerprint density at radius 3 is 2.52 bits per heavy atom. The van der Waals surface area contributed by atoms with Crippen LogP contribution in [0.25, 0.3) is 0 Å². The second kappa shape index (κ2) is 7.64. The molecular formula is C22H20ClN3O3. The Bertz CT molecular complexity index is 1070. The lowest BCUT2D eigenvalue weighted by molar-refractivity contribution is 0.0992. The summed E-state index contributed by atoms with van der Waals surface area (Å²) >= 11 is 6.33. The summed E-state index contributed by atoms with van der Waals surface area (Å²) in [5.41, 5.74) is 3.15. The molecule has 2 heterocycles. The van der Waals surface area contributed by atoms with E-state index in [1.807, 2.05) is 43.3 Å². The van der Waals surface area contributed by atoms with E-state index in [4.69, 9.17) is 21.1 Å². The zero-order chi connectivity index (χ0) is 20.5. The topological polar surface area (TPSA) is 63.7 Å². The molecule has 1 aliphatic rings. The molecule has 1 aliphatic heterocycles. The van der Waals surface area contributed by atoms with Crippen LogP contribution in [0.2, 0.25) is 5.02 Å². The van der Waals surface area contributed by atoms with Crippen molar-refractivity contribution in [2.75, 3.05) is 24.4 Å². The number of anilines is 2. The molecule has 0 fully saturated rings. The number of carbonyl (C=O) groups is 1. The minimum atomic E-state index is -0.465. The molecular weight excluding hydrogens is 390 g/mol. The monoisotopic (exact) mass is 409 g/mol. The van der Waals surface area contributed by atoms with Gasteiger partial charge < -0.3 is 14.8 Å². The van der Waals surface area contributed by atoms with Crippen LogP contribution in [0.15, 0.2) is 54.7 Å². The molecule has 1 N–H and O–H groups in total. The highest BCUT2D eigenvalue weighted by Gasteiger charge is 2.38. The number of amides is 1. The Morgan fingerprint density at radius 1 is 1.07 bits per heavy atom. The van der Waals surface area contributed by atoms with E-state index >= 15 is 0 Å². The second-order valence-corrected chi connectivity index (χ2v) is 7.10. The maximum atomic E-state index is 13.2. The molecule has 0 radical (unpaired) electrons. The fourth-order valence-electron chi connectivity index (χ4n) is 3.42. The second-order valence-electron chi connectivity index (χ2n) is 6.69. The van der Waals surface area contributed by atoms with E-state index in [1.165, 1.54) is 0 Å². The highest BCUT2D eigenvalue weighted by molar-refractivity contribution is 6.32. The maximum Gasteiger partial charge on any atom is 0.261 e. The number of nitrogens with one attached hydrogen (secondary N) is 1. The van der Waals surface area contributed by atoms with E-state index in [9.17, 15) is 4.79 Å². The number of hydrogen-bond acceptors (Lipinski definition) is 5. The molecule has 0 saturated carbocycles. The first-order valence-corrected chi connectivity index (χ1v) is 9.44. The number of hydrogen-bond donors (Lipinski definition) is 1. The quantitative estimate of drug-likeness (QED) is 0.653. The number of pyridine rings is 1. The molecule has 0 bridgehead atoms. The van der Waals surface area contributed by atoms with Gasteiger partial charge in [0, 0.05) is 23.4 Å². The predicted molar refractivity (Wildman–Crippen MR) is 113 cm³/mol. The van der Waals surface area contributed by atoms with Gasteiger partial charge in [-0.2, -0.15) is 0 Å². The summed E-state index contributed by atoms with van der Waals surface area (Å²) in [5.74, 6) is 1.51. The first kappa shape index (κ1) is 19.1. The van der Waals surface area contributed by atoms with Crippen LogP contribution >= 0.6 is 11.6 Å². The lowest BCUT2D eigenvalue weighted by atomic mass is 10.1. The Kier molecular flexibility index (Phi) is 5.03. The molecule has 1 unspecified atom stereocenters. The van der Waals surface area contributed by atoms with Crippen molar-refractivity contribution in [1.82, 2.24) is 4.98 Å². The molecule has 148 valence electrons. The summed E-state index contributed by atoms with van der Waals surface area (Å²) < 4.78 is 10.8. The summed E-state index contributed by atoms with van der Waals surface area (Å²) in [6, 6.07) is 14.7. The summed E-state index contributed by atoms with van der Waals surface area (Å²) in [5, 5.41) is 3.84. The van der Waals surface area contributed by atoms with Crippen molar-refractivity contribution in [3.63, 3.8) is 0 Å². The van der Waals surface area contributed by atoms with Gasteiger partial charge in [-0.1, -0.05) is 35.9 Å². The van der Waals surface area contributed by atoms with Gasteiger partial charge in [0.05, 0.1) is 24.9 Å². The highest BCUT2D eigenvalue weighted by atomic mass is 35.5. The Balaban J connectivity index is 1.80. The average molecular weight is 410 g/mol. The molecule has 1 amide bonds. The van der Waals surface area contributed by atoms with Crippen LogP contribution in [0.1, 0.15) is 27.7 Å². The molecule has 6 nitrogen and oxygen atoms in total. The van der Waals surface area contributed by atoms with Crippen molar-refractivity contribution >= 4 is 29.0 Å². The van der Waals surface area contributed by atoms with E-state index < -0.39 is 6.17 Å². The van der Waals surface area contributed by atoms with Gasteiger partial charge in [-0.15, -0.1) is 0 Å². The number of fused-ring (bicyclic) bond motifs is 1. The average Bonchev–Trinajstić information content (AvgIpc) is 3.01. The zero-order valence-corrected chi connectivity index (χ0v) is 17.0. The molecule has 0 aliphatic carbocycles. The number of benzene rings is 2. The third-order valence-corrected chi connectivity index (χ3v) is 5.17. The van der Waals surface area contributed by atoms with Crippen LogP contribution in [-0.2, 0) is 0 Å². The van der Waals surface area contributed by atoms with Gasteiger partial charge in [-0.25, -0.2) is 4.98 Å². The third-order valence-electron chi connectivity index (χ3n) is 4.87. The van der Waals surface area contributed by atoms with Crippen LogP contribution < -0.4 is 19.7 Å². The van der Waals surface area contributed by atoms with Crippen molar-refractivity contribution in [1.29, 1.82) is 0 Å². The fraction of sp³-hybridized carbons (Fsp3) is 0.182. The van der Waals surface area contributed by atoms with E-state index in [0.29, 0.717) is 33.6 Å². The Morgan fingerprint density at radius 2 is 1.83 bits per heavy atom. The summed E-state index contributed by atoms with van der Waals surface area (Å²) in [6.07, 6.45) is 1.28. The molecule has 7 heteroatoms. The zero-order valence-electron chi connectivity index (χ0n) is 16.3. The van der Waals surface area contributed by atoms with Crippen molar-refractivity contribution in [2.45, 2.75) is 13.1 Å². The van der Waals surface area contributed by atoms with Crippen molar-refractivity contribution in [3.8, 4) is 11.5 Å². The normalized spacial score (nSPS) is 15.2. The molecule has 2 aromatic carbocycles. The smallest absolute Gasteiger partial charge is 0.261 e. The standard InChI is InChI=1S/C22H20ClN3O3/c1-13-8-9-20(24-12-13)26-21(14-6-4-5-7-15(14)22(26)27)25-17-10-16(23)18(28-2)11-19(17)29-3/h4-12,21,25H,1-3H3. The van der Waals surface area contributed by atoms with Crippen molar-refractivity contribution < 1.29 is 14.3 Å². The minimum Gasteiger partial charge on any atom is -0.495 e. The predicted octanol–water partition coefficient (Wildman–Crippen LogP) is 4.83. The summed E-state index contributed by atoms with van der Waals surface area (Å²) in [7, 11) is 3.12. The Hall–Kier alpha value is -3.25. The molecule has 0 saturated heterocycles. The molecule has 29 heavy (non-hydrogen) atoms. The van der Waals surface area contributed by atoms with Crippen molar-refractivity contribution in [2.24, 2.45) is 0 Å². The van der Waals surface area contributed by atoms with E-state index in [0.717, 1.165) is 11.1 Å². The molecule has 1 aromatic heterocycles. The number of methoxy groups -OCH3 is 2. The van der Waals surface area contributed by atoms with Crippen molar-refractivity contribution in [3.05, 3.63) is 76.4 Å². The van der Waals surface area contributed by atoms with Gasteiger partial charge in [-0.3, -0.25) is 9.69 Å². The SMILES string of the molecule is COc1cc(OC)c(NC2c3ccccc3C(=O)N2c2ccc(C)cn2)cc1Cl. The van der Waals surface area contributed by atoms with E-state index in [-0.39, 0.29) is 5.91 Å². The van der Waals surface area contributed by atoms with Gasteiger partial charge in [0.1, 0.15) is 23.5 Å². The number of carbonyl (C=O) groups excluding carboxylic acids is 1. The van der Waals surface area contributed by atoms with Gasteiger partial charge in [0.15, 0.2) is 0 Å². The highest BCUT2D eigenvalue weighted by Crippen LogP contribution is 2.41. The first-order valence-electron chi connectivity index (χ1n) is 9.06. The first-order chi connectivity index (χ1) is 14.0. The molecule has 0 spiro atoms. The van der Waals surface area contributed by atoms with Gasteiger partial charge in [0.2, 0.25) is 0 Å². The number of aromatic nitrogens is 1. The van der Waals surface area contributed by atoms with Crippen LogP contribution in [0.5, 0.6) is 11.5 Å². The van der Waals surface area contributed by atoms with Crippen LogP contribution in [0.4, 0.5) is 11.5 Å². The number of nitrogens with zero attached hydrogens (tertiary/aromatic N) is 2. The van der Waals surface area contributed by atoms with Gasteiger partial charge in [-0.05, 0) is 30.7 Å². The van der Waals surface area contributed by atoms with Crippen LogP contribution in [0.3, 0.4) is 0 Å². The van der Waals surface area contributed by atoms with Crippen LogP contribution in [-0.4, -0.2) is 25.1 Å². The summed E-state index contributed by atoms with van der Waals surface area (Å²) in [6.45, 7) is 1.96. The lowest BCUT2D eigenvalue weighted by Crippen LogP contribution is -2.33. The molecule has 1 atom stereocenters. The number of ether oxygens (including phenoxy) is 2. The van der Waals surface area contributed by atoms with E-state index in [2.05, 4.69) is 10.3 Å². The number of halogens is 1. The lowest BCUT2D eigenvalue weighted by Gasteiger charge is -2.27. The largest absolute Gasteiger partial charge is 0.495 e. The van der Waals surface area contributed by atoms with Crippen LogP contribution in [0, 0.1) is 6.92 Å². The van der Waals surface area contributed by atoms with Gasteiger partial charge >= 0.3 is 0 Å². The number of rotatable bonds is 5. The fourth-order valence-corrected chi connectivity index (χ4v) is 3.66. The maximum absolute atomic E-state index is 13.2. The third kappa shape index (κ3) is 3.36. The van der Waals surface area contributed by atoms with E-state index in [1.54, 1.807) is 37.4 Å². The van der Waals surface area contributed by atoms with Gasteiger partial charge in [0.25, 0.3) is 5.91 Å². The molecule has 4 rings (SSSR count). The number of aryl methyl sites for hydroxylation is 1. The summed E-state index contributed by atoms with van der Waals surface area (Å²) in [4.78, 5) is 19.3. The minimum absolute atomic E-state index is 0.118. The Labute approximate surface area is 174 Å². The molecule has 3 aromatic rings.